The summed E-state index contributed by atoms with van der Waals surface area (Å²) >= 11 is 0. The number of nitrogens with one attached hydrogen (secondary N) is 1. The number of benzene rings is 1. The van der Waals surface area contributed by atoms with Gasteiger partial charge < -0.3 is 5.32 Å². The number of carbonyl (C=O) groups excluding carboxylic acids is 1. The molecule has 1 aromatic rings. The van der Waals surface area contributed by atoms with Gasteiger partial charge in [0.25, 0.3) is 0 Å². The number of hydrogen-bond acceptors (Lipinski definition) is 1. The van der Waals surface area contributed by atoms with E-state index in [0.717, 1.165) is 25.2 Å². The van der Waals surface area contributed by atoms with Gasteiger partial charge in [-0.25, -0.2) is 0 Å². The highest BCUT2D eigenvalue weighted by Gasteiger charge is 2.40. The van der Waals surface area contributed by atoms with Crippen LogP contribution in [-0.4, -0.2) is 5.91 Å². The predicted octanol–water partition coefficient (Wildman–Crippen LogP) is 4.08. The lowest BCUT2D eigenvalue weighted by molar-refractivity contribution is -0.122. The van der Waals surface area contributed by atoms with E-state index in [0.29, 0.717) is 12.3 Å². The van der Waals surface area contributed by atoms with Crippen molar-refractivity contribution in [1.29, 1.82) is 0 Å². The average Bonchev–Trinajstić information content (AvgIpc) is 3.14. The average molecular weight is 259 g/mol. The van der Waals surface area contributed by atoms with Crippen LogP contribution in [0.25, 0.3) is 0 Å². The lowest BCUT2D eigenvalue weighted by Gasteiger charge is -2.19. The Morgan fingerprint density at radius 2 is 2.00 bits per heavy atom. The summed E-state index contributed by atoms with van der Waals surface area (Å²) in [6.07, 6.45) is 5.20. The highest BCUT2D eigenvalue weighted by Crippen LogP contribution is 2.46. The van der Waals surface area contributed by atoms with Crippen molar-refractivity contribution < 1.29 is 4.79 Å². The summed E-state index contributed by atoms with van der Waals surface area (Å²) in [5, 5.41) is 3.25. The zero-order valence-corrected chi connectivity index (χ0v) is 12.1. The minimum Gasteiger partial charge on any atom is -0.349 e. The Bertz CT molecular complexity index is 401. The predicted molar refractivity (Wildman–Crippen MR) is 78.7 cm³/mol. The molecule has 2 rings (SSSR count). The van der Waals surface area contributed by atoms with Crippen LogP contribution in [0.15, 0.2) is 30.3 Å². The maximum atomic E-state index is 12.0. The van der Waals surface area contributed by atoms with Gasteiger partial charge in [-0.2, -0.15) is 0 Å². The van der Waals surface area contributed by atoms with Crippen molar-refractivity contribution in [2.24, 2.45) is 11.8 Å². The van der Waals surface area contributed by atoms with E-state index < -0.39 is 0 Å². The zero-order valence-electron chi connectivity index (χ0n) is 12.1. The smallest absolute Gasteiger partial charge is 0.220 e. The summed E-state index contributed by atoms with van der Waals surface area (Å²) in [5.74, 6) is 1.57. The van der Waals surface area contributed by atoms with Crippen molar-refractivity contribution in [1.82, 2.24) is 5.32 Å². The molecule has 2 nitrogen and oxygen atoms in total. The fraction of sp³-hybridized carbons (Fsp3) is 0.588. The molecular formula is C17H25NO. The highest BCUT2D eigenvalue weighted by molar-refractivity contribution is 5.76. The van der Waals surface area contributed by atoms with Crippen LogP contribution in [0, 0.1) is 11.8 Å². The Kier molecular flexibility index (Phi) is 5.00. The zero-order chi connectivity index (χ0) is 13.7. The van der Waals surface area contributed by atoms with Gasteiger partial charge in [0, 0.05) is 6.42 Å². The summed E-state index contributed by atoms with van der Waals surface area (Å²) in [7, 11) is 0. The minimum absolute atomic E-state index is 0.210. The van der Waals surface area contributed by atoms with E-state index in [2.05, 4.69) is 43.4 Å². The first-order valence-corrected chi connectivity index (χ1v) is 7.56. The Hall–Kier alpha value is -1.31. The van der Waals surface area contributed by atoms with Crippen LogP contribution in [0.3, 0.4) is 0 Å². The second kappa shape index (κ2) is 6.74. The molecule has 3 unspecified atom stereocenters. The van der Waals surface area contributed by atoms with Gasteiger partial charge in [0.1, 0.15) is 0 Å². The fourth-order valence-corrected chi connectivity index (χ4v) is 2.69. The molecule has 1 saturated carbocycles. The maximum absolute atomic E-state index is 12.0. The number of carbonyl (C=O) groups is 1. The molecule has 0 bridgehead atoms. The molecule has 0 aromatic heterocycles. The van der Waals surface area contributed by atoms with Gasteiger partial charge in [-0.15, -0.1) is 0 Å². The van der Waals surface area contributed by atoms with Gasteiger partial charge in [-0.05, 0) is 30.2 Å². The fourth-order valence-electron chi connectivity index (χ4n) is 2.69. The van der Waals surface area contributed by atoms with E-state index in [1.165, 1.54) is 12.0 Å². The van der Waals surface area contributed by atoms with E-state index in [-0.39, 0.29) is 11.9 Å². The maximum Gasteiger partial charge on any atom is 0.220 e. The highest BCUT2D eigenvalue weighted by atomic mass is 16.1. The Morgan fingerprint density at radius 3 is 2.58 bits per heavy atom. The molecule has 1 aliphatic rings. The van der Waals surface area contributed by atoms with Gasteiger partial charge in [0.05, 0.1) is 6.04 Å². The molecular weight excluding hydrogens is 234 g/mol. The molecule has 0 heterocycles. The lowest BCUT2D eigenvalue weighted by Crippen LogP contribution is -2.30. The summed E-state index contributed by atoms with van der Waals surface area (Å²) in [6, 6.07) is 10.6. The van der Waals surface area contributed by atoms with Crippen LogP contribution in [0.1, 0.15) is 57.6 Å². The summed E-state index contributed by atoms with van der Waals surface area (Å²) in [4.78, 5) is 12.0. The molecule has 104 valence electrons. The quantitative estimate of drug-likeness (QED) is 0.734. The van der Waals surface area contributed by atoms with Crippen molar-refractivity contribution in [3.63, 3.8) is 0 Å². The summed E-state index contributed by atoms with van der Waals surface area (Å²) in [5.41, 5.74) is 1.25. The molecule has 0 saturated heterocycles. The molecule has 0 spiro atoms. The van der Waals surface area contributed by atoms with Crippen LogP contribution in [0.2, 0.25) is 0 Å². The monoisotopic (exact) mass is 259 g/mol. The minimum atomic E-state index is 0.210. The standard InChI is InChI=1S/C17H25NO/c1-3-4-6-11-16(19)18-17(15-12-13(15)2)14-9-7-5-8-10-14/h5,7-10,13,15,17H,3-4,6,11-12H2,1-2H3,(H,18,19). The van der Waals surface area contributed by atoms with Crippen LogP contribution in [0.5, 0.6) is 0 Å². The van der Waals surface area contributed by atoms with Crippen molar-refractivity contribution in [3.05, 3.63) is 35.9 Å². The largest absolute Gasteiger partial charge is 0.349 e. The third kappa shape index (κ3) is 4.09. The van der Waals surface area contributed by atoms with Crippen molar-refractivity contribution in [2.75, 3.05) is 0 Å². The van der Waals surface area contributed by atoms with E-state index in [1.807, 2.05) is 6.07 Å². The molecule has 2 heteroatoms. The molecule has 19 heavy (non-hydrogen) atoms. The van der Waals surface area contributed by atoms with Gasteiger partial charge in [0.2, 0.25) is 5.91 Å². The summed E-state index contributed by atoms with van der Waals surface area (Å²) < 4.78 is 0. The van der Waals surface area contributed by atoms with Gasteiger partial charge in [-0.1, -0.05) is 57.0 Å². The normalized spacial score (nSPS) is 22.8. The molecule has 1 amide bonds. The summed E-state index contributed by atoms with van der Waals surface area (Å²) in [6.45, 7) is 4.43. The van der Waals surface area contributed by atoms with Crippen LogP contribution >= 0.6 is 0 Å². The lowest BCUT2D eigenvalue weighted by atomic mass is 10.0. The second-order valence-electron chi connectivity index (χ2n) is 5.79. The van der Waals surface area contributed by atoms with Gasteiger partial charge in [-0.3, -0.25) is 4.79 Å². The van der Waals surface area contributed by atoms with Crippen molar-refractivity contribution >= 4 is 5.91 Å². The second-order valence-corrected chi connectivity index (χ2v) is 5.79. The van der Waals surface area contributed by atoms with Crippen LogP contribution in [0.4, 0.5) is 0 Å². The van der Waals surface area contributed by atoms with Gasteiger partial charge in [0.15, 0.2) is 0 Å². The van der Waals surface area contributed by atoms with E-state index in [1.54, 1.807) is 0 Å². The third-order valence-corrected chi connectivity index (χ3v) is 4.08. The molecule has 1 aliphatic carbocycles. The van der Waals surface area contributed by atoms with Crippen molar-refractivity contribution in [3.8, 4) is 0 Å². The van der Waals surface area contributed by atoms with Crippen LogP contribution in [-0.2, 0) is 4.79 Å². The first-order chi connectivity index (χ1) is 9.22. The van der Waals surface area contributed by atoms with Crippen molar-refractivity contribution in [2.45, 2.75) is 52.0 Å². The first kappa shape index (κ1) is 14.1. The SMILES string of the molecule is CCCCCC(=O)NC(c1ccccc1)C1CC1C. The first-order valence-electron chi connectivity index (χ1n) is 7.56. The van der Waals surface area contributed by atoms with E-state index in [9.17, 15) is 4.79 Å². The Labute approximate surface area is 116 Å². The molecule has 1 fully saturated rings. The molecule has 0 aliphatic heterocycles. The van der Waals surface area contributed by atoms with Crippen LogP contribution < -0.4 is 5.32 Å². The van der Waals surface area contributed by atoms with E-state index >= 15 is 0 Å². The number of rotatable bonds is 7. The topological polar surface area (TPSA) is 29.1 Å². The number of unbranched alkanes of at least 4 members (excludes halogenated alkanes) is 2. The van der Waals surface area contributed by atoms with E-state index in [4.69, 9.17) is 0 Å². The number of amides is 1. The molecule has 3 atom stereocenters. The molecule has 1 aromatic carbocycles. The Balaban J connectivity index is 1.94. The third-order valence-electron chi connectivity index (χ3n) is 4.08. The molecule has 0 radical (unpaired) electrons. The van der Waals surface area contributed by atoms with Gasteiger partial charge >= 0.3 is 0 Å². The number of hydrogen-bond donors (Lipinski definition) is 1. The Morgan fingerprint density at radius 1 is 1.32 bits per heavy atom. The molecule has 1 N–H and O–H groups in total.